The largest absolute Gasteiger partial charge is 1.00 e. The molecule has 0 atom stereocenters. The quantitative estimate of drug-likeness (QED) is 0.142. The monoisotopic (exact) mass is 556 g/mol. The number of nitrogens with zero attached hydrogens (tertiary/aromatic N) is 2. The van der Waals surface area contributed by atoms with Crippen LogP contribution in [0.4, 0.5) is 0 Å². The van der Waals surface area contributed by atoms with Crippen LogP contribution < -0.4 is 122 Å². The van der Waals surface area contributed by atoms with Crippen molar-refractivity contribution >= 4 is 33.7 Å². The van der Waals surface area contributed by atoms with Crippen LogP contribution in [-0.4, -0.2) is 35.1 Å². The summed E-state index contributed by atoms with van der Waals surface area (Å²) in [7, 11) is 0. The summed E-state index contributed by atoms with van der Waals surface area (Å²) in [5.74, 6) is -1.79. The number of carboxylic acids is 2. The van der Waals surface area contributed by atoms with E-state index in [1.807, 2.05) is 48.5 Å². The van der Waals surface area contributed by atoms with E-state index in [9.17, 15) is 19.8 Å². The second-order valence-electron chi connectivity index (χ2n) is 7.98. The maximum absolute atomic E-state index is 10.7. The fourth-order valence-electron chi connectivity index (χ4n) is 3.86. The summed E-state index contributed by atoms with van der Waals surface area (Å²) in [6.07, 6.45) is 0. The third-order valence-corrected chi connectivity index (χ3v) is 5.49. The Balaban J connectivity index is 0.00000200. The Morgan fingerprint density at radius 3 is 1.39 bits per heavy atom. The van der Waals surface area contributed by atoms with Gasteiger partial charge < -0.3 is 29.3 Å². The molecular formula is C28H18K2N2O6. The molecular weight excluding hydrogens is 539 g/mol. The predicted octanol–water partition coefficient (Wildman–Crippen LogP) is -3.62. The van der Waals surface area contributed by atoms with E-state index in [1.165, 1.54) is 0 Å². The maximum atomic E-state index is 10.7. The molecule has 0 saturated heterocycles. The molecule has 5 rings (SSSR count). The predicted molar refractivity (Wildman–Crippen MR) is 129 cm³/mol. The molecule has 5 aromatic rings. The number of hydrogen-bond acceptors (Lipinski definition) is 8. The van der Waals surface area contributed by atoms with Crippen LogP contribution in [0.25, 0.3) is 44.3 Å². The number of pyridine rings is 2. The number of fused-ring (bicyclic) bond motifs is 3. The van der Waals surface area contributed by atoms with Crippen molar-refractivity contribution in [3.05, 3.63) is 84.9 Å². The number of aliphatic carboxylic acids is 2. The van der Waals surface area contributed by atoms with Crippen molar-refractivity contribution in [2.45, 2.75) is 0 Å². The number of aromatic nitrogens is 2. The molecule has 2 heterocycles. The van der Waals surface area contributed by atoms with E-state index in [-0.39, 0.29) is 103 Å². The molecule has 0 fully saturated rings. The zero-order valence-corrected chi connectivity index (χ0v) is 27.1. The van der Waals surface area contributed by atoms with Crippen molar-refractivity contribution in [3.8, 4) is 34.0 Å². The van der Waals surface area contributed by atoms with Crippen molar-refractivity contribution in [2.75, 3.05) is 13.2 Å². The van der Waals surface area contributed by atoms with Gasteiger partial charge in [0.05, 0.1) is 34.4 Å². The Morgan fingerprint density at radius 1 is 0.605 bits per heavy atom. The van der Waals surface area contributed by atoms with Gasteiger partial charge in [-0.05, 0) is 36.4 Å². The summed E-state index contributed by atoms with van der Waals surface area (Å²) in [6, 6.07) is 25.7. The van der Waals surface area contributed by atoms with Crippen LogP contribution in [0.1, 0.15) is 0 Å². The number of carbonyl (C=O) groups is 2. The van der Waals surface area contributed by atoms with E-state index in [0.29, 0.717) is 33.9 Å². The summed E-state index contributed by atoms with van der Waals surface area (Å²) in [5, 5.41) is 23.3. The van der Waals surface area contributed by atoms with Crippen molar-refractivity contribution in [3.63, 3.8) is 0 Å². The Labute approximate surface area is 303 Å². The molecule has 0 spiro atoms. The van der Waals surface area contributed by atoms with Gasteiger partial charge in [0.1, 0.15) is 24.7 Å². The first-order chi connectivity index (χ1) is 17.5. The number of rotatable bonds is 8. The topological polar surface area (TPSA) is 124 Å². The molecule has 0 aliphatic rings. The second-order valence-corrected chi connectivity index (χ2v) is 7.98. The number of carbonyl (C=O) groups excluding carboxylic acids is 2. The molecule has 0 aliphatic heterocycles. The fraction of sp³-hybridized carbons (Fsp3) is 0.0714. The minimum absolute atomic E-state index is 0. The summed E-state index contributed by atoms with van der Waals surface area (Å²) < 4.78 is 10.5. The average molecular weight is 557 g/mol. The Morgan fingerprint density at radius 2 is 1.00 bits per heavy atom. The van der Waals surface area contributed by atoms with Gasteiger partial charge in [0.2, 0.25) is 0 Å². The molecule has 0 N–H and O–H groups in total. The Kier molecular flexibility index (Phi) is 11.4. The van der Waals surface area contributed by atoms with Crippen LogP contribution in [0.15, 0.2) is 84.9 Å². The molecule has 0 bridgehead atoms. The van der Waals surface area contributed by atoms with Crippen LogP contribution in [0.2, 0.25) is 0 Å². The third kappa shape index (κ3) is 7.48. The SMILES string of the molecule is O=C([O-])COc1cccc(-c2ccc3ccc4ccc(-c5cccc(OCC(=O)[O-])c5)nc4c3n2)c1.[K+].[K+]. The van der Waals surface area contributed by atoms with Crippen LogP contribution in [0, 0.1) is 0 Å². The van der Waals surface area contributed by atoms with E-state index in [2.05, 4.69) is 0 Å². The van der Waals surface area contributed by atoms with Gasteiger partial charge in [-0.15, -0.1) is 0 Å². The van der Waals surface area contributed by atoms with E-state index in [4.69, 9.17) is 19.4 Å². The van der Waals surface area contributed by atoms with Gasteiger partial charge in [0, 0.05) is 21.9 Å². The molecule has 2 aromatic heterocycles. The van der Waals surface area contributed by atoms with Gasteiger partial charge in [-0.2, -0.15) is 0 Å². The van der Waals surface area contributed by atoms with E-state index >= 15 is 0 Å². The van der Waals surface area contributed by atoms with Crippen LogP contribution in [0.3, 0.4) is 0 Å². The van der Waals surface area contributed by atoms with Crippen molar-refractivity contribution in [1.29, 1.82) is 0 Å². The molecule has 0 radical (unpaired) electrons. The zero-order valence-electron chi connectivity index (χ0n) is 20.8. The summed E-state index contributed by atoms with van der Waals surface area (Å²) in [4.78, 5) is 31.2. The van der Waals surface area contributed by atoms with Crippen molar-refractivity contribution in [2.24, 2.45) is 0 Å². The number of benzene rings is 3. The van der Waals surface area contributed by atoms with Gasteiger partial charge >= 0.3 is 103 Å². The first-order valence-electron chi connectivity index (χ1n) is 11.0. The summed E-state index contributed by atoms with van der Waals surface area (Å²) in [5.41, 5.74) is 4.30. The summed E-state index contributed by atoms with van der Waals surface area (Å²) in [6.45, 7) is -1.07. The van der Waals surface area contributed by atoms with Crippen molar-refractivity contribution in [1.82, 2.24) is 9.97 Å². The van der Waals surface area contributed by atoms with E-state index in [0.717, 1.165) is 21.9 Å². The average Bonchev–Trinajstić information content (AvgIpc) is 2.90. The molecule has 38 heavy (non-hydrogen) atoms. The normalized spacial score (nSPS) is 10.3. The van der Waals surface area contributed by atoms with Crippen molar-refractivity contribution < 1.29 is 132 Å². The molecule has 0 amide bonds. The van der Waals surface area contributed by atoms with Crippen LogP contribution in [-0.2, 0) is 9.59 Å². The summed E-state index contributed by atoms with van der Waals surface area (Å²) >= 11 is 0. The molecule has 3 aromatic carbocycles. The first-order valence-corrected chi connectivity index (χ1v) is 11.0. The first kappa shape index (κ1) is 30.8. The van der Waals surface area contributed by atoms with Gasteiger partial charge in [0.15, 0.2) is 0 Å². The van der Waals surface area contributed by atoms with Crippen LogP contribution in [0.5, 0.6) is 11.5 Å². The standard InChI is InChI=1S/C28H20N2O6.2K/c31-25(32)15-35-21-5-1-3-19(13-21)23-11-9-17-7-8-18-10-12-24(30-28(18)27(17)29-23)20-4-2-6-22(14-20)36-16-26(33)34;;/h1-14H,15-16H2,(H,31,32)(H,33,34);;/q;2*+1/p-2. The molecule has 8 nitrogen and oxygen atoms in total. The molecule has 0 aliphatic carbocycles. The number of carboxylic acid groups (broad SMARTS) is 2. The third-order valence-electron chi connectivity index (χ3n) is 5.49. The second kappa shape index (κ2) is 14.1. The molecule has 10 heteroatoms. The van der Waals surface area contributed by atoms with Gasteiger partial charge in [-0.1, -0.05) is 48.5 Å². The van der Waals surface area contributed by atoms with Gasteiger partial charge in [-0.3, -0.25) is 0 Å². The van der Waals surface area contributed by atoms with E-state index in [1.54, 1.807) is 36.4 Å². The molecule has 178 valence electrons. The van der Waals surface area contributed by atoms with Gasteiger partial charge in [-0.25, -0.2) is 9.97 Å². The molecule has 0 unspecified atom stereocenters. The van der Waals surface area contributed by atoms with Gasteiger partial charge in [0.25, 0.3) is 0 Å². The van der Waals surface area contributed by atoms with E-state index < -0.39 is 25.2 Å². The zero-order chi connectivity index (χ0) is 25.1. The number of ether oxygens (including phenoxy) is 2. The fourth-order valence-corrected chi connectivity index (χ4v) is 3.86. The minimum Gasteiger partial charge on any atom is -0.546 e. The van der Waals surface area contributed by atoms with Crippen LogP contribution >= 0.6 is 0 Å². The Hall–Kier alpha value is -1.71. The Bertz CT molecular complexity index is 1510. The smallest absolute Gasteiger partial charge is 0.546 e. The minimum atomic E-state index is -1.30. The maximum Gasteiger partial charge on any atom is 1.00 e. The molecule has 0 saturated carbocycles. The number of hydrogen-bond donors (Lipinski definition) is 0.